The summed E-state index contributed by atoms with van der Waals surface area (Å²) in [7, 11) is -2.06. The van der Waals surface area contributed by atoms with Crippen LogP contribution in [-0.4, -0.2) is 42.7 Å². The van der Waals surface area contributed by atoms with Crippen LogP contribution in [0.2, 0.25) is 18.1 Å². The van der Waals surface area contributed by atoms with Crippen LogP contribution in [0, 0.1) is 6.92 Å². The molecule has 2 heterocycles. The average Bonchev–Trinajstić information content (AvgIpc) is 3.02. The van der Waals surface area contributed by atoms with E-state index in [4.69, 9.17) is 9.16 Å². The Balaban J connectivity index is 2.28. The van der Waals surface area contributed by atoms with Gasteiger partial charge in [0.25, 0.3) is 0 Å². The van der Waals surface area contributed by atoms with Gasteiger partial charge < -0.3 is 14.3 Å². The standard InChI is InChI=1S/C19H31NO4SSi/c1-13(8-15-11-25-14(2)20-15)16(24-26(6,7)18(3,4)5)9-19(22)10-17(21)23-12-19/h8,11,16,22H,9-10,12H2,1-7H3/b13-8+/t16-,19?/m0/s1. The summed E-state index contributed by atoms with van der Waals surface area (Å²) in [4.78, 5) is 16.0. The summed E-state index contributed by atoms with van der Waals surface area (Å²) in [5.41, 5.74) is 0.740. The van der Waals surface area contributed by atoms with Crippen LogP contribution in [-0.2, 0) is 14.0 Å². The fraction of sp³-hybridized carbons (Fsp3) is 0.684. The fourth-order valence-electron chi connectivity index (χ4n) is 2.66. The van der Waals surface area contributed by atoms with Crippen LogP contribution in [0.1, 0.15) is 51.2 Å². The lowest BCUT2D eigenvalue weighted by Crippen LogP contribution is -2.46. The van der Waals surface area contributed by atoms with E-state index in [1.165, 1.54) is 0 Å². The number of thiazole rings is 1. The van der Waals surface area contributed by atoms with Crippen molar-refractivity contribution in [1.82, 2.24) is 4.98 Å². The molecule has 0 aliphatic carbocycles. The lowest BCUT2D eigenvalue weighted by molar-refractivity contribution is -0.137. The van der Waals surface area contributed by atoms with Gasteiger partial charge in [-0.1, -0.05) is 20.8 Å². The van der Waals surface area contributed by atoms with Gasteiger partial charge in [0.1, 0.15) is 12.2 Å². The van der Waals surface area contributed by atoms with Crippen molar-refractivity contribution in [1.29, 1.82) is 0 Å². The SMILES string of the molecule is C/C(=C\c1csc(C)n1)[C@H](CC1(O)COC(=O)C1)O[Si](C)(C)C(C)(C)C. The van der Waals surface area contributed by atoms with Crippen LogP contribution in [0.5, 0.6) is 0 Å². The summed E-state index contributed by atoms with van der Waals surface area (Å²) in [6.07, 6.45) is 2.10. The molecule has 0 bridgehead atoms. The summed E-state index contributed by atoms with van der Waals surface area (Å²) < 4.78 is 11.6. The summed E-state index contributed by atoms with van der Waals surface area (Å²) in [5.74, 6) is -0.352. The molecule has 1 aliphatic heterocycles. The van der Waals surface area contributed by atoms with Gasteiger partial charge in [-0.3, -0.25) is 4.79 Å². The van der Waals surface area contributed by atoms with Crippen molar-refractivity contribution in [2.45, 2.75) is 77.3 Å². The fourth-order valence-corrected chi connectivity index (χ4v) is 4.57. The van der Waals surface area contributed by atoms with Crippen LogP contribution in [0.15, 0.2) is 11.0 Å². The molecule has 1 aromatic heterocycles. The summed E-state index contributed by atoms with van der Waals surface area (Å²) >= 11 is 1.61. The number of ether oxygens (including phenoxy) is 1. The topological polar surface area (TPSA) is 68.7 Å². The van der Waals surface area contributed by atoms with Crippen molar-refractivity contribution in [3.8, 4) is 0 Å². The second kappa shape index (κ2) is 7.54. The minimum atomic E-state index is -2.06. The van der Waals surface area contributed by atoms with Gasteiger partial charge >= 0.3 is 5.97 Å². The Morgan fingerprint density at radius 2 is 2.19 bits per heavy atom. The number of aliphatic hydroxyl groups is 1. The van der Waals surface area contributed by atoms with Gasteiger partial charge in [-0.05, 0) is 43.6 Å². The second-order valence-corrected chi connectivity index (χ2v) is 14.6. The number of esters is 1. The highest BCUT2D eigenvalue weighted by Gasteiger charge is 2.44. The van der Waals surface area contributed by atoms with Crippen molar-refractivity contribution in [2.24, 2.45) is 0 Å². The number of rotatable bonds is 6. The predicted octanol–water partition coefficient (Wildman–Crippen LogP) is 4.31. The zero-order valence-corrected chi connectivity index (χ0v) is 18.7. The van der Waals surface area contributed by atoms with Gasteiger partial charge in [-0.2, -0.15) is 0 Å². The third-order valence-corrected chi connectivity index (χ3v) is 10.6. The maximum atomic E-state index is 11.5. The van der Waals surface area contributed by atoms with Crippen LogP contribution >= 0.6 is 11.3 Å². The lowest BCUT2D eigenvalue weighted by atomic mass is 9.92. The monoisotopic (exact) mass is 397 g/mol. The van der Waals surface area contributed by atoms with Gasteiger partial charge in [-0.15, -0.1) is 11.3 Å². The molecule has 146 valence electrons. The molecule has 0 radical (unpaired) electrons. The molecule has 0 spiro atoms. The molecule has 26 heavy (non-hydrogen) atoms. The molecule has 1 saturated heterocycles. The maximum absolute atomic E-state index is 11.5. The number of hydrogen-bond donors (Lipinski definition) is 1. The summed E-state index contributed by atoms with van der Waals surface area (Å²) in [5, 5.41) is 13.9. The smallest absolute Gasteiger partial charge is 0.308 e. The first-order valence-electron chi connectivity index (χ1n) is 8.97. The number of nitrogens with zero attached hydrogens (tertiary/aromatic N) is 1. The Labute approximate surface area is 161 Å². The molecule has 0 amide bonds. The third-order valence-electron chi connectivity index (χ3n) is 5.30. The first kappa shape index (κ1) is 21.3. The van der Waals surface area contributed by atoms with E-state index in [0.717, 1.165) is 16.3 Å². The maximum Gasteiger partial charge on any atom is 0.308 e. The average molecular weight is 398 g/mol. The highest BCUT2D eigenvalue weighted by Crippen LogP contribution is 2.40. The number of aryl methyl sites for hydroxylation is 1. The molecule has 1 aromatic rings. The molecule has 2 atom stereocenters. The molecular weight excluding hydrogens is 366 g/mol. The molecule has 0 aromatic carbocycles. The number of aromatic nitrogens is 1. The minimum absolute atomic E-state index is 0.0213. The molecule has 1 aliphatic rings. The van der Waals surface area contributed by atoms with E-state index >= 15 is 0 Å². The van der Waals surface area contributed by atoms with Crippen molar-refractivity contribution in [3.63, 3.8) is 0 Å². The van der Waals surface area contributed by atoms with E-state index in [2.05, 4.69) is 38.8 Å². The van der Waals surface area contributed by atoms with Crippen LogP contribution in [0.3, 0.4) is 0 Å². The Morgan fingerprint density at radius 3 is 2.65 bits per heavy atom. The second-order valence-electron chi connectivity index (χ2n) is 8.81. The van der Waals surface area contributed by atoms with Gasteiger partial charge in [-0.25, -0.2) is 4.98 Å². The van der Waals surface area contributed by atoms with Gasteiger partial charge in [0.05, 0.1) is 23.2 Å². The van der Waals surface area contributed by atoms with Crippen molar-refractivity contribution in [2.75, 3.05) is 6.61 Å². The quantitative estimate of drug-likeness (QED) is 0.572. The molecule has 2 rings (SSSR count). The largest absolute Gasteiger partial charge is 0.463 e. The summed E-state index contributed by atoms with van der Waals surface area (Å²) in [6.45, 7) is 15.0. The third kappa shape index (κ3) is 5.25. The van der Waals surface area contributed by atoms with E-state index in [1.54, 1.807) is 11.3 Å². The Hall–Kier alpha value is -1.02. The molecule has 1 unspecified atom stereocenters. The molecule has 1 fully saturated rings. The first-order valence-corrected chi connectivity index (χ1v) is 12.8. The number of cyclic esters (lactones) is 1. The van der Waals surface area contributed by atoms with Crippen molar-refractivity contribution < 1.29 is 19.1 Å². The van der Waals surface area contributed by atoms with E-state index in [-0.39, 0.29) is 30.1 Å². The minimum Gasteiger partial charge on any atom is -0.463 e. The van der Waals surface area contributed by atoms with E-state index < -0.39 is 13.9 Å². The number of hydrogen-bond acceptors (Lipinski definition) is 6. The highest BCUT2D eigenvalue weighted by atomic mass is 32.1. The van der Waals surface area contributed by atoms with Gasteiger partial charge in [0.15, 0.2) is 8.32 Å². The Bertz CT molecular complexity index is 692. The zero-order valence-electron chi connectivity index (χ0n) is 16.9. The van der Waals surface area contributed by atoms with Crippen LogP contribution < -0.4 is 0 Å². The lowest BCUT2D eigenvalue weighted by Gasteiger charge is -2.41. The number of carbonyl (C=O) groups is 1. The van der Waals surface area contributed by atoms with E-state index in [0.29, 0.717) is 6.42 Å². The van der Waals surface area contributed by atoms with E-state index in [1.807, 2.05) is 25.3 Å². The zero-order chi connectivity index (χ0) is 19.8. The van der Waals surface area contributed by atoms with Crippen molar-refractivity contribution >= 4 is 31.7 Å². The molecule has 1 N–H and O–H groups in total. The van der Waals surface area contributed by atoms with Gasteiger partial charge in [0.2, 0.25) is 0 Å². The predicted molar refractivity (Wildman–Crippen MR) is 108 cm³/mol. The summed E-state index contributed by atoms with van der Waals surface area (Å²) in [6, 6.07) is 0. The molecular formula is C19H31NO4SSi. The Morgan fingerprint density at radius 1 is 1.54 bits per heavy atom. The molecule has 0 saturated carbocycles. The van der Waals surface area contributed by atoms with E-state index in [9.17, 15) is 9.90 Å². The highest BCUT2D eigenvalue weighted by molar-refractivity contribution is 7.09. The van der Waals surface area contributed by atoms with Gasteiger partial charge in [0, 0.05) is 11.8 Å². The Kier molecular flexibility index (Phi) is 6.17. The first-order chi connectivity index (χ1) is 11.8. The molecule has 7 heteroatoms. The van der Waals surface area contributed by atoms with Crippen molar-refractivity contribution in [3.05, 3.63) is 21.7 Å². The normalized spacial score (nSPS) is 23.2. The van der Waals surface area contributed by atoms with Crippen LogP contribution in [0.4, 0.5) is 0 Å². The molecule has 5 nitrogen and oxygen atoms in total. The number of carbonyl (C=O) groups excluding carboxylic acids is 1. The van der Waals surface area contributed by atoms with Crippen LogP contribution in [0.25, 0.3) is 6.08 Å².